The minimum atomic E-state index is -0.380. The van der Waals surface area contributed by atoms with Crippen LogP contribution in [0, 0.1) is 0 Å². The first-order valence-electron chi connectivity index (χ1n) is 5.92. The molecule has 1 amide bonds. The molecule has 3 heteroatoms. The van der Waals surface area contributed by atoms with E-state index in [-0.39, 0.29) is 6.09 Å². The Kier molecular flexibility index (Phi) is 6.56. The summed E-state index contributed by atoms with van der Waals surface area (Å²) in [6.07, 6.45) is 5.77. The topological polar surface area (TPSA) is 38.3 Å². The average Bonchev–Trinajstić information content (AvgIpc) is 2.37. The van der Waals surface area contributed by atoms with Crippen molar-refractivity contribution in [3.05, 3.63) is 48.0 Å². The maximum atomic E-state index is 11.3. The summed E-state index contributed by atoms with van der Waals surface area (Å²) in [6.45, 7) is 2.95. The van der Waals surface area contributed by atoms with Crippen molar-refractivity contribution in [2.75, 3.05) is 6.54 Å². The molecule has 0 unspecified atom stereocenters. The van der Waals surface area contributed by atoms with Crippen molar-refractivity contribution in [3.8, 4) is 0 Å². The summed E-state index contributed by atoms with van der Waals surface area (Å²) in [4.78, 5) is 11.3. The van der Waals surface area contributed by atoms with Crippen molar-refractivity contribution >= 4 is 6.09 Å². The molecule has 0 bridgehead atoms. The summed E-state index contributed by atoms with van der Waals surface area (Å²) in [5.74, 6) is 0. The predicted molar refractivity (Wildman–Crippen MR) is 68.7 cm³/mol. The third-order valence-electron chi connectivity index (χ3n) is 2.20. The van der Waals surface area contributed by atoms with Gasteiger partial charge < -0.3 is 10.1 Å². The number of carbonyl (C=O) groups is 1. The standard InChI is InChI=1S/C14H19NO2/c1-2-3-4-8-11-15-14(16)17-12-13-9-6-5-7-10-13/h4-10H,2-3,11-12H2,1H3,(H,15,16)/b8-4-. The minimum Gasteiger partial charge on any atom is -0.445 e. The van der Waals surface area contributed by atoms with Crippen molar-refractivity contribution in [2.45, 2.75) is 26.4 Å². The third-order valence-corrected chi connectivity index (χ3v) is 2.20. The third kappa shape index (κ3) is 6.40. The SMILES string of the molecule is CCC/C=C\CNC(=O)OCc1ccccc1. The first-order valence-corrected chi connectivity index (χ1v) is 5.92. The van der Waals surface area contributed by atoms with Crippen LogP contribution in [-0.4, -0.2) is 12.6 Å². The number of ether oxygens (including phenoxy) is 1. The molecule has 0 saturated heterocycles. The lowest BCUT2D eigenvalue weighted by atomic mass is 10.2. The Balaban J connectivity index is 2.13. The lowest BCUT2D eigenvalue weighted by Crippen LogP contribution is -2.24. The van der Waals surface area contributed by atoms with Crippen LogP contribution in [0.1, 0.15) is 25.3 Å². The van der Waals surface area contributed by atoms with E-state index >= 15 is 0 Å². The Morgan fingerprint density at radius 2 is 2.06 bits per heavy atom. The van der Waals surface area contributed by atoms with Gasteiger partial charge in [-0.05, 0) is 12.0 Å². The van der Waals surface area contributed by atoms with Crippen LogP contribution in [-0.2, 0) is 11.3 Å². The van der Waals surface area contributed by atoms with Gasteiger partial charge in [-0.3, -0.25) is 0 Å². The van der Waals surface area contributed by atoms with Crippen LogP contribution in [0.3, 0.4) is 0 Å². The summed E-state index contributed by atoms with van der Waals surface area (Å²) in [5, 5.41) is 2.66. The lowest BCUT2D eigenvalue weighted by molar-refractivity contribution is 0.140. The Morgan fingerprint density at radius 1 is 1.29 bits per heavy atom. The molecule has 0 saturated carbocycles. The Labute approximate surface area is 102 Å². The molecule has 0 fully saturated rings. The molecule has 1 N–H and O–H groups in total. The van der Waals surface area contributed by atoms with E-state index in [0.29, 0.717) is 13.2 Å². The van der Waals surface area contributed by atoms with Crippen LogP contribution in [0.4, 0.5) is 4.79 Å². The highest BCUT2D eigenvalue weighted by molar-refractivity contribution is 5.67. The van der Waals surface area contributed by atoms with Crippen LogP contribution in [0.25, 0.3) is 0 Å². The van der Waals surface area contributed by atoms with E-state index in [9.17, 15) is 4.79 Å². The molecule has 0 aromatic heterocycles. The normalized spacial score (nSPS) is 10.4. The van der Waals surface area contributed by atoms with Crippen molar-refractivity contribution in [1.82, 2.24) is 5.32 Å². The van der Waals surface area contributed by atoms with Gasteiger partial charge in [-0.1, -0.05) is 55.8 Å². The molecule has 17 heavy (non-hydrogen) atoms. The maximum absolute atomic E-state index is 11.3. The lowest BCUT2D eigenvalue weighted by Gasteiger charge is -2.05. The highest BCUT2D eigenvalue weighted by atomic mass is 16.5. The van der Waals surface area contributed by atoms with E-state index in [1.54, 1.807) is 0 Å². The molecule has 0 radical (unpaired) electrons. The smallest absolute Gasteiger partial charge is 0.407 e. The van der Waals surface area contributed by atoms with Crippen LogP contribution >= 0.6 is 0 Å². The Bertz CT molecular complexity index is 346. The van der Waals surface area contributed by atoms with Crippen LogP contribution < -0.4 is 5.32 Å². The molecule has 0 atom stereocenters. The molecular formula is C14H19NO2. The van der Waals surface area contributed by atoms with Gasteiger partial charge in [0, 0.05) is 6.54 Å². The van der Waals surface area contributed by atoms with E-state index in [0.717, 1.165) is 18.4 Å². The summed E-state index contributed by atoms with van der Waals surface area (Å²) >= 11 is 0. The monoisotopic (exact) mass is 233 g/mol. The predicted octanol–water partition coefficient (Wildman–Crippen LogP) is 3.27. The highest BCUT2D eigenvalue weighted by Crippen LogP contribution is 2.00. The zero-order chi connectivity index (χ0) is 12.3. The zero-order valence-corrected chi connectivity index (χ0v) is 10.2. The fraction of sp³-hybridized carbons (Fsp3) is 0.357. The largest absolute Gasteiger partial charge is 0.445 e. The molecular weight excluding hydrogens is 214 g/mol. The molecule has 0 spiro atoms. The summed E-state index contributed by atoms with van der Waals surface area (Å²) < 4.78 is 5.05. The van der Waals surface area contributed by atoms with Crippen molar-refractivity contribution in [3.63, 3.8) is 0 Å². The van der Waals surface area contributed by atoms with Gasteiger partial charge >= 0.3 is 6.09 Å². The van der Waals surface area contributed by atoms with Gasteiger partial charge in [-0.25, -0.2) is 4.79 Å². The van der Waals surface area contributed by atoms with E-state index in [1.165, 1.54) is 0 Å². The van der Waals surface area contributed by atoms with E-state index < -0.39 is 0 Å². The molecule has 92 valence electrons. The quantitative estimate of drug-likeness (QED) is 0.766. The van der Waals surface area contributed by atoms with Gasteiger partial charge in [0.05, 0.1) is 0 Å². The Morgan fingerprint density at radius 3 is 2.76 bits per heavy atom. The number of allylic oxidation sites excluding steroid dienone is 1. The number of rotatable bonds is 6. The van der Waals surface area contributed by atoms with Gasteiger partial charge in [0.25, 0.3) is 0 Å². The first kappa shape index (κ1) is 13.3. The van der Waals surface area contributed by atoms with Gasteiger partial charge in [0.2, 0.25) is 0 Å². The van der Waals surface area contributed by atoms with Crippen LogP contribution in [0.15, 0.2) is 42.5 Å². The van der Waals surface area contributed by atoms with E-state index in [2.05, 4.69) is 18.3 Å². The van der Waals surface area contributed by atoms with Crippen molar-refractivity contribution < 1.29 is 9.53 Å². The van der Waals surface area contributed by atoms with Gasteiger partial charge in [0.1, 0.15) is 6.61 Å². The number of nitrogens with one attached hydrogen (secondary N) is 1. The van der Waals surface area contributed by atoms with Gasteiger partial charge in [-0.15, -0.1) is 0 Å². The second-order valence-corrected chi connectivity index (χ2v) is 3.70. The average molecular weight is 233 g/mol. The number of hydrogen-bond acceptors (Lipinski definition) is 2. The number of unbranched alkanes of at least 4 members (excludes halogenated alkanes) is 1. The number of amides is 1. The first-order chi connectivity index (χ1) is 8.33. The van der Waals surface area contributed by atoms with Crippen molar-refractivity contribution in [1.29, 1.82) is 0 Å². The molecule has 0 aliphatic rings. The van der Waals surface area contributed by atoms with Crippen LogP contribution in [0.5, 0.6) is 0 Å². The van der Waals surface area contributed by atoms with Gasteiger partial charge in [-0.2, -0.15) is 0 Å². The number of carbonyl (C=O) groups excluding carboxylic acids is 1. The summed E-state index contributed by atoms with van der Waals surface area (Å²) in [7, 11) is 0. The van der Waals surface area contributed by atoms with Crippen LogP contribution in [0.2, 0.25) is 0 Å². The molecule has 0 aliphatic carbocycles. The summed E-state index contributed by atoms with van der Waals surface area (Å²) in [6, 6.07) is 9.62. The molecule has 0 aliphatic heterocycles. The molecule has 1 aromatic carbocycles. The number of alkyl carbamates (subject to hydrolysis) is 1. The van der Waals surface area contributed by atoms with E-state index in [4.69, 9.17) is 4.74 Å². The molecule has 3 nitrogen and oxygen atoms in total. The highest BCUT2D eigenvalue weighted by Gasteiger charge is 1.99. The maximum Gasteiger partial charge on any atom is 0.407 e. The second-order valence-electron chi connectivity index (χ2n) is 3.70. The second kappa shape index (κ2) is 8.39. The number of hydrogen-bond donors (Lipinski definition) is 1. The fourth-order valence-electron chi connectivity index (χ4n) is 1.28. The Hall–Kier alpha value is -1.77. The fourth-order valence-corrected chi connectivity index (χ4v) is 1.28. The minimum absolute atomic E-state index is 0.311. The molecule has 1 aromatic rings. The molecule has 1 rings (SSSR count). The summed E-state index contributed by atoms with van der Waals surface area (Å²) in [5.41, 5.74) is 0.990. The van der Waals surface area contributed by atoms with E-state index in [1.807, 2.05) is 36.4 Å². The zero-order valence-electron chi connectivity index (χ0n) is 10.2. The van der Waals surface area contributed by atoms with Gasteiger partial charge in [0.15, 0.2) is 0 Å². The molecule has 0 heterocycles. The van der Waals surface area contributed by atoms with Crippen molar-refractivity contribution in [2.24, 2.45) is 0 Å². The number of benzene rings is 1.